The van der Waals surface area contributed by atoms with Crippen LogP contribution >= 0.6 is 0 Å². The number of amides is 2. The van der Waals surface area contributed by atoms with Crippen molar-refractivity contribution in [1.29, 1.82) is 0 Å². The molecule has 1 fully saturated rings. The molecule has 3 aromatic carbocycles. The van der Waals surface area contributed by atoms with Gasteiger partial charge in [-0.2, -0.15) is 0 Å². The van der Waals surface area contributed by atoms with Gasteiger partial charge in [0, 0.05) is 54.3 Å². The molecule has 220 valence electrons. The van der Waals surface area contributed by atoms with Crippen LogP contribution in [-0.4, -0.2) is 45.8 Å². The normalized spacial score (nSPS) is 13.8. The van der Waals surface area contributed by atoms with E-state index in [0.717, 1.165) is 54.9 Å². The largest absolute Gasteiger partial charge is 0.349 e. The monoisotopic (exact) mass is 583 g/mol. The van der Waals surface area contributed by atoms with E-state index in [4.69, 9.17) is 4.98 Å². The maximum Gasteiger partial charge on any atom is 0.257 e. The summed E-state index contributed by atoms with van der Waals surface area (Å²) >= 11 is 0. The third-order valence-electron chi connectivity index (χ3n) is 7.97. The first-order valence-corrected chi connectivity index (χ1v) is 14.7. The summed E-state index contributed by atoms with van der Waals surface area (Å²) in [7, 11) is 0. The number of piperidine rings is 1. The van der Waals surface area contributed by atoms with Gasteiger partial charge in [0.2, 0.25) is 5.91 Å². The summed E-state index contributed by atoms with van der Waals surface area (Å²) in [6.45, 7) is 6.03. The molecule has 8 heteroatoms. The van der Waals surface area contributed by atoms with E-state index >= 15 is 0 Å². The maximum atomic E-state index is 12.9. The van der Waals surface area contributed by atoms with Crippen molar-refractivity contribution >= 4 is 28.4 Å². The Morgan fingerprint density at radius 1 is 0.932 bits per heavy atom. The molecule has 5 aromatic rings. The van der Waals surface area contributed by atoms with Crippen LogP contribution < -0.4 is 16.2 Å². The highest BCUT2D eigenvalue weighted by molar-refractivity contribution is 6.01. The molecule has 0 unspecified atom stereocenters. The molecule has 0 aliphatic carbocycles. The van der Waals surface area contributed by atoms with Gasteiger partial charge in [-0.05, 0) is 60.4 Å². The number of fused-ring (bicyclic) bond motifs is 1. The van der Waals surface area contributed by atoms with Gasteiger partial charge in [-0.1, -0.05) is 67.2 Å². The van der Waals surface area contributed by atoms with Crippen molar-refractivity contribution in [3.05, 3.63) is 131 Å². The highest BCUT2D eigenvalue weighted by atomic mass is 16.2. The van der Waals surface area contributed by atoms with E-state index < -0.39 is 0 Å². The fraction of sp³-hybridized carbons (Fsp3) is 0.167. The summed E-state index contributed by atoms with van der Waals surface area (Å²) in [5.41, 5.74) is 6.54. The number of H-pyrrole nitrogens is 1. The first kappa shape index (κ1) is 28.8. The highest BCUT2D eigenvalue weighted by Crippen LogP contribution is 2.33. The number of hydrogen-bond acceptors (Lipinski definition) is 5. The number of rotatable bonds is 8. The van der Waals surface area contributed by atoms with Crippen LogP contribution in [0.5, 0.6) is 0 Å². The van der Waals surface area contributed by atoms with Crippen molar-refractivity contribution in [2.24, 2.45) is 0 Å². The first-order valence-electron chi connectivity index (χ1n) is 14.7. The van der Waals surface area contributed by atoms with Crippen molar-refractivity contribution in [3.8, 4) is 22.4 Å². The summed E-state index contributed by atoms with van der Waals surface area (Å²) in [4.78, 5) is 47.0. The molecule has 1 aliphatic heterocycles. The lowest BCUT2D eigenvalue weighted by Crippen LogP contribution is -2.44. The molecule has 0 radical (unpaired) electrons. The molecular formula is C36H33N5O3. The summed E-state index contributed by atoms with van der Waals surface area (Å²) < 4.78 is 0. The Labute approximate surface area is 255 Å². The Morgan fingerprint density at radius 3 is 2.45 bits per heavy atom. The van der Waals surface area contributed by atoms with E-state index in [1.165, 1.54) is 11.6 Å². The minimum atomic E-state index is -0.315. The van der Waals surface area contributed by atoms with Gasteiger partial charge in [0.25, 0.3) is 11.5 Å². The Kier molecular flexibility index (Phi) is 8.43. The summed E-state index contributed by atoms with van der Waals surface area (Å²) in [5.74, 6) is -0.458. The fourth-order valence-corrected chi connectivity index (χ4v) is 5.63. The number of aromatic nitrogens is 2. The average Bonchev–Trinajstić information content (AvgIpc) is 3.06. The van der Waals surface area contributed by atoms with Gasteiger partial charge in [-0.25, -0.2) is 4.98 Å². The van der Waals surface area contributed by atoms with Crippen molar-refractivity contribution < 1.29 is 9.59 Å². The van der Waals surface area contributed by atoms with Gasteiger partial charge in [-0.15, -0.1) is 0 Å². The van der Waals surface area contributed by atoms with Crippen LogP contribution in [0.2, 0.25) is 0 Å². The van der Waals surface area contributed by atoms with Crippen LogP contribution in [0.25, 0.3) is 33.3 Å². The number of nitrogens with one attached hydrogen (secondary N) is 3. The van der Waals surface area contributed by atoms with Gasteiger partial charge >= 0.3 is 0 Å². The first-order chi connectivity index (χ1) is 21.5. The van der Waals surface area contributed by atoms with Crippen LogP contribution in [0.3, 0.4) is 0 Å². The molecule has 3 N–H and O–H groups in total. The topological polar surface area (TPSA) is 107 Å². The zero-order valence-electron chi connectivity index (χ0n) is 24.3. The number of carbonyl (C=O) groups is 2. The molecular weight excluding hydrogens is 550 g/mol. The number of aromatic amines is 1. The van der Waals surface area contributed by atoms with E-state index in [1.54, 1.807) is 30.5 Å². The highest BCUT2D eigenvalue weighted by Gasteiger charge is 2.22. The van der Waals surface area contributed by atoms with E-state index in [0.29, 0.717) is 22.2 Å². The molecule has 0 atom stereocenters. The van der Waals surface area contributed by atoms with E-state index in [1.807, 2.05) is 42.5 Å². The number of likely N-dealkylation sites (tertiary alicyclic amines) is 1. The molecule has 3 heterocycles. The van der Waals surface area contributed by atoms with Crippen LogP contribution in [0.15, 0.2) is 115 Å². The lowest BCUT2D eigenvalue weighted by molar-refractivity contribution is -0.111. The molecule has 6 rings (SSSR count). The van der Waals surface area contributed by atoms with Crippen LogP contribution in [0.4, 0.5) is 5.69 Å². The predicted molar refractivity (Wildman–Crippen MR) is 174 cm³/mol. The smallest absolute Gasteiger partial charge is 0.257 e. The lowest BCUT2D eigenvalue weighted by atomic mass is 9.97. The SMILES string of the molecule is C=CC(=O)Nc1cccc(C(=O)NC2CCN(Cc3ccc(-c4nc5cc[nH]c(=O)c5cc4-c4ccccc4)cc3)CC2)c1. The third kappa shape index (κ3) is 6.50. The van der Waals surface area contributed by atoms with E-state index in [9.17, 15) is 14.4 Å². The molecule has 1 saturated heterocycles. The molecule has 2 amide bonds. The Hall–Kier alpha value is -5.34. The summed E-state index contributed by atoms with van der Waals surface area (Å²) in [6, 6.07) is 29.2. The van der Waals surface area contributed by atoms with Crippen LogP contribution in [0.1, 0.15) is 28.8 Å². The molecule has 0 bridgehead atoms. The molecule has 44 heavy (non-hydrogen) atoms. The lowest BCUT2D eigenvalue weighted by Gasteiger charge is -2.32. The van der Waals surface area contributed by atoms with Crippen molar-refractivity contribution in [1.82, 2.24) is 20.2 Å². The second kappa shape index (κ2) is 12.9. The molecule has 0 saturated carbocycles. The Bertz CT molecular complexity index is 1870. The molecule has 0 spiro atoms. The van der Waals surface area contributed by atoms with Gasteiger partial charge < -0.3 is 15.6 Å². The van der Waals surface area contributed by atoms with Gasteiger partial charge in [0.05, 0.1) is 16.6 Å². The predicted octanol–water partition coefficient (Wildman–Crippen LogP) is 5.78. The zero-order valence-corrected chi connectivity index (χ0v) is 24.3. The number of pyridine rings is 2. The number of carbonyl (C=O) groups excluding carboxylic acids is 2. The van der Waals surface area contributed by atoms with Crippen molar-refractivity contribution in [3.63, 3.8) is 0 Å². The van der Waals surface area contributed by atoms with Gasteiger partial charge in [0.15, 0.2) is 0 Å². The average molecular weight is 584 g/mol. The molecule has 8 nitrogen and oxygen atoms in total. The van der Waals surface area contributed by atoms with Crippen LogP contribution in [0, 0.1) is 0 Å². The second-order valence-corrected chi connectivity index (χ2v) is 11.0. The quantitative estimate of drug-likeness (QED) is 0.201. The number of nitrogens with zero attached hydrogens (tertiary/aromatic N) is 2. The number of anilines is 1. The number of hydrogen-bond donors (Lipinski definition) is 3. The second-order valence-electron chi connectivity index (χ2n) is 11.0. The van der Waals surface area contributed by atoms with E-state index in [2.05, 4.69) is 51.4 Å². The Morgan fingerprint density at radius 2 is 1.70 bits per heavy atom. The number of benzene rings is 3. The van der Waals surface area contributed by atoms with Crippen LogP contribution in [-0.2, 0) is 11.3 Å². The summed E-state index contributed by atoms with van der Waals surface area (Å²) in [5, 5.41) is 6.41. The zero-order chi connectivity index (χ0) is 30.5. The minimum Gasteiger partial charge on any atom is -0.349 e. The van der Waals surface area contributed by atoms with Crippen molar-refractivity contribution in [2.75, 3.05) is 18.4 Å². The fourth-order valence-electron chi connectivity index (χ4n) is 5.63. The Balaban J connectivity index is 1.10. The summed E-state index contributed by atoms with van der Waals surface area (Å²) in [6.07, 6.45) is 4.54. The molecule has 1 aliphatic rings. The minimum absolute atomic E-state index is 0.0928. The standard InChI is InChI=1S/C36H33N5O3/c1-2-33(42)38-29-10-6-9-27(21-29)35(43)39-28-16-19-41(20-17-28)23-24-11-13-26(14-12-24)34-30(25-7-4-3-5-8-25)22-31-32(40-34)15-18-37-36(31)44/h2-15,18,21-22,28H,1,16-17,19-20,23H2,(H,37,44)(H,38,42)(H,39,43). The molecule has 2 aromatic heterocycles. The van der Waals surface area contributed by atoms with Gasteiger partial charge in [-0.3, -0.25) is 19.3 Å². The van der Waals surface area contributed by atoms with Crippen molar-refractivity contribution in [2.45, 2.75) is 25.4 Å². The van der Waals surface area contributed by atoms with Gasteiger partial charge in [0.1, 0.15) is 0 Å². The third-order valence-corrected chi connectivity index (χ3v) is 7.97. The maximum absolute atomic E-state index is 12.9. The van der Waals surface area contributed by atoms with E-state index in [-0.39, 0.29) is 23.4 Å².